The summed E-state index contributed by atoms with van der Waals surface area (Å²) in [5, 5.41) is 8.72. The number of alkyl halides is 2. The van der Waals surface area contributed by atoms with Gasteiger partial charge in [0.15, 0.2) is 0 Å². The first kappa shape index (κ1) is 10.7. The van der Waals surface area contributed by atoms with E-state index in [0.29, 0.717) is 0 Å². The second kappa shape index (κ2) is 4.72. The number of carboxylic acids is 1. The van der Waals surface area contributed by atoms with Crippen molar-refractivity contribution in [3.63, 3.8) is 0 Å². The minimum absolute atomic E-state index is 0.265. The van der Waals surface area contributed by atoms with Crippen molar-refractivity contribution < 1.29 is 9.90 Å². The molecule has 0 unspecified atom stereocenters. The Labute approximate surface area is 92.4 Å². The minimum atomic E-state index is -0.897. The largest absolute Gasteiger partial charge is 0.480 e. The van der Waals surface area contributed by atoms with E-state index in [2.05, 4.69) is 36.8 Å². The van der Waals surface area contributed by atoms with Crippen LogP contribution in [0.25, 0.3) is 0 Å². The summed E-state index contributed by atoms with van der Waals surface area (Å²) >= 11 is 6.35. The summed E-state index contributed by atoms with van der Waals surface area (Å²) in [5.74, 6) is -0.897. The first-order valence-electron chi connectivity index (χ1n) is 3.54. The van der Waals surface area contributed by atoms with Crippen LogP contribution in [0.5, 0.6) is 0 Å². The fourth-order valence-corrected chi connectivity index (χ4v) is 1.64. The highest BCUT2D eigenvalue weighted by molar-refractivity contribution is 9.12. The molecule has 0 spiro atoms. The van der Waals surface area contributed by atoms with Crippen LogP contribution in [0.2, 0.25) is 0 Å². The third-order valence-corrected chi connectivity index (χ3v) is 4.18. The molecule has 0 bridgehead atoms. The van der Waals surface area contributed by atoms with E-state index in [4.69, 9.17) is 5.11 Å². The first-order valence-corrected chi connectivity index (χ1v) is 5.37. The lowest BCUT2D eigenvalue weighted by atomic mass is 10.1. The molecular weight excluding hydrogens is 302 g/mol. The van der Waals surface area contributed by atoms with Crippen molar-refractivity contribution in [3.8, 4) is 0 Å². The van der Waals surface area contributed by atoms with Crippen molar-refractivity contribution in [2.75, 3.05) is 0 Å². The summed E-state index contributed by atoms with van der Waals surface area (Å²) in [6.07, 6.45) is 3.28. The number of nitrogens with zero attached hydrogens (tertiary/aromatic N) is 1. The van der Waals surface area contributed by atoms with Gasteiger partial charge in [0.25, 0.3) is 0 Å². The molecule has 2 atom stereocenters. The fourth-order valence-electron chi connectivity index (χ4n) is 0.833. The third kappa shape index (κ3) is 2.77. The summed E-state index contributed by atoms with van der Waals surface area (Å²) in [6.45, 7) is 0. The SMILES string of the molecule is O=C(O)[C@@H](Br)[C@@H](Br)c1cccnc1. The Morgan fingerprint density at radius 2 is 2.23 bits per heavy atom. The van der Waals surface area contributed by atoms with Crippen LogP contribution in [0, 0.1) is 0 Å². The Bertz CT molecular complexity index is 291. The van der Waals surface area contributed by atoms with E-state index in [1.165, 1.54) is 0 Å². The highest BCUT2D eigenvalue weighted by Gasteiger charge is 2.24. The number of carbonyl (C=O) groups is 1. The molecule has 1 N–H and O–H groups in total. The highest BCUT2D eigenvalue weighted by Crippen LogP contribution is 2.30. The second-order valence-electron chi connectivity index (χ2n) is 2.43. The van der Waals surface area contributed by atoms with Crippen LogP contribution < -0.4 is 0 Å². The standard InChI is InChI=1S/C8H7Br2NO2/c9-6(7(10)8(12)13)5-2-1-3-11-4-5/h1-4,6-7H,(H,12,13)/t6-,7-/m0/s1. The van der Waals surface area contributed by atoms with Gasteiger partial charge in [-0.3, -0.25) is 9.78 Å². The molecule has 3 nitrogen and oxygen atoms in total. The maximum absolute atomic E-state index is 10.6. The number of hydrogen-bond donors (Lipinski definition) is 1. The van der Waals surface area contributed by atoms with Crippen LogP contribution in [0.3, 0.4) is 0 Å². The highest BCUT2D eigenvalue weighted by atomic mass is 79.9. The zero-order chi connectivity index (χ0) is 9.84. The average molecular weight is 309 g/mol. The molecule has 13 heavy (non-hydrogen) atoms. The van der Waals surface area contributed by atoms with Crippen molar-refractivity contribution in [3.05, 3.63) is 30.1 Å². The predicted octanol–water partition coefficient (Wildman–Crippen LogP) is 2.37. The van der Waals surface area contributed by atoms with Gasteiger partial charge in [0, 0.05) is 12.4 Å². The number of carboxylic acid groups (broad SMARTS) is 1. The topological polar surface area (TPSA) is 50.2 Å². The Morgan fingerprint density at radius 1 is 1.54 bits per heavy atom. The van der Waals surface area contributed by atoms with Crippen LogP contribution in [0.15, 0.2) is 24.5 Å². The van der Waals surface area contributed by atoms with E-state index in [1.807, 2.05) is 6.07 Å². The Balaban J connectivity index is 2.79. The smallest absolute Gasteiger partial charge is 0.318 e. The third-order valence-electron chi connectivity index (χ3n) is 1.50. The molecule has 1 rings (SSSR count). The summed E-state index contributed by atoms with van der Waals surface area (Å²) in [5.41, 5.74) is 0.840. The maximum Gasteiger partial charge on any atom is 0.318 e. The number of pyridine rings is 1. The summed E-state index contributed by atoms with van der Waals surface area (Å²) in [7, 11) is 0. The normalized spacial score (nSPS) is 14.9. The van der Waals surface area contributed by atoms with E-state index < -0.39 is 10.8 Å². The van der Waals surface area contributed by atoms with E-state index in [9.17, 15) is 4.79 Å². The van der Waals surface area contributed by atoms with Crippen molar-refractivity contribution >= 4 is 37.8 Å². The zero-order valence-corrected chi connectivity index (χ0v) is 9.69. The first-order chi connectivity index (χ1) is 6.13. The summed E-state index contributed by atoms with van der Waals surface area (Å²) in [6, 6.07) is 3.59. The van der Waals surface area contributed by atoms with E-state index >= 15 is 0 Å². The van der Waals surface area contributed by atoms with Crippen molar-refractivity contribution in [1.82, 2.24) is 4.98 Å². The molecule has 0 aliphatic heterocycles. The van der Waals surface area contributed by atoms with Crippen molar-refractivity contribution in [2.45, 2.75) is 9.65 Å². The molecule has 5 heteroatoms. The molecule has 0 aromatic carbocycles. The van der Waals surface area contributed by atoms with Gasteiger partial charge < -0.3 is 5.11 Å². The minimum Gasteiger partial charge on any atom is -0.480 e. The molecule has 0 aliphatic rings. The van der Waals surface area contributed by atoms with Crippen LogP contribution in [0.4, 0.5) is 0 Å². The average Bonchev–Trinajstić information content (AvgIpc) is 2.17. The van der Waals surface area contributed by atoms with Gasteiger partial charge in [-0.2, -0.15) is 0 Å². The molecule has 70 valence electrons. The van der Waals surface area contributed by atoms with Gasteiger partial charge in [-0.05, 0) is 11.6 Å². The molecule has 0 amide bonds. The molecule has 1 aromatic heterocycles. The van der Waals surface area contributed by atoms with Crippen molar-refractivity contribution in [1.29, 1.82) is 0 Å². The van der Waals surface area contributed by atoms with Gasteiger partial charge in [-0.15, -0.1) is 0 Å². The van der Waals surface area contributed by atoms with E-state index in [-0.39, 0.29) is 4.83 Å². The lowest BCUT2D eigenvalue weighted by molar-refractivity contribution is -0.136. The van der Waals surface area contributed by atoms with Crippen molar-refractivity contribution in [2.24, 2.45) is 0 Å². The second-order valence-corrected chi connectivity index (χ2v) is 4.40. The monoisotopic (exact) mass is 307 g/mol. The number of rotatable bonds is 3. The van der Waals surface area contributed by atoms with Crippen LogP contribution >= 0.6 is 31.9 Å². The van der Waals surface area contributed by atoms with Gasteiger partial charge in [-0.25, -0.2) is 0 Å². The number of hydrogen-bond acceptors (Lipinski definition) is 2. The number of aliphatic carboxylic acids is 1. The van der Waals surface area contributed by atoms with E-state index in [1.54, 1.807) is 18.5 Å². The molecule has 0 saturated heterocycles. The van der Waals surface area contributed by atoms with Crippen LogP contribution in [-0.2, 0) is 4.79 Å². The van der Waals surface area contributed by atoms with Gasteiger partial charge in [0.05, 0.1) is 4.83 Å². The van der Waals surface area contributed by atoms with Gasteiger partial charge >= 0.3 is 5.97 Å². The van der Waals surface area contributed by atoms with Gasteiger partial charge in [0.2, 0.25) is 0 Å². The zero-order valence-electron chi connectivity index (χ0n) is 6.52. The number of halogens is 2. The fraction of sp³-hybridized carbons (Fsp3) is 0.250. The number of aromatic nitrogens is 1. The molecule has 0 radical (unpaired) electrons. The van der Waals surface area contributed by atoms with Gasteiger partial charge in [0.1, 0.15) is 4.83 Å². The Morgan fingerprint density at radius 3 is 2.69 bits per heavy atom. The predicted molar refractivity (Wildman–Crippen MR) is 56.3 cm³/mol. The molecule has 1 heterocycles. The maximum atomic E-state index is 10.6. The lowest BCUT2D eigenvalue weighted by Crippen LogP contribution is -2.17. The quantitative estimate of drug-likeness (QED) is 0.872. The molecule has 0 fully saturated rings. The molecule has 1 aromatic rings. The summed E-state index contributed by atoms with van der Waals surface area (Å²) < 4.78 is 0. The molecule has 0 saturated carbocycles. The lowest BCUT2D eigenvalue weighted by Gasteiger charge is -2.11. The molecular formula is C8H7Br2NO2. The Hall–Kier alpha value is -0.420. The van der Waals surface area contributed by atoms with Crippen LogP contribution in [0.1, 0.15) is 10.4 Å². The molecule has 0 aliphatic carbocycles. The van der Waals surface area contributed by atoms with Gasteiger partial charge in [-0.1, -0.05) is 37.9 Å². The summed E-state index contributed by atoms with van der Waals surface area (Å²) in [4.78, 5) is 13.6. The van der Waals surface area contributed by atoms with E-state index in [0.717, 1.165) is 5.56 Å². The Kier molecular flexibility index (Phi) is 3.87. The van der Waals surface area contributed by atoms with Crippen LogP contribution in [-0.4, -0.2) is 20.9 Å².